The molecule has 0 aliphatic rings. The Hall–Kier alpha value is -4.15. The molecule has 6 rings (SSSR count). The third-order valence-electron chi connectivity index (χ3n) is 6.12. The van der Waals surface area contributed by atoms with Crippen LogP contribution in [0.1, 0.15) is 22.7 Å². The molecule has 1 atom stereocenters. The van der Waals surface area contributed by atoms with Crippen LogP contribution in [-0.4, -0.2) is 29.3 Å². The zero-order chi connectivity index (χ0) is 24.2. The van der Waals surface area contributed by atoms with Crippen LogP contribution in [0.25, 0.3) is 22.8 Å². The molecule has 0 amide bonds. The van der Waals surface area contributed by atoms with Gasteiger partial charge >= 0.3 is 21.1 Å². The Balaban J connectivity index is 0.00000280. The van der Waals surface area contributed by atoms with Crippen molar-refractivity contribution < 1.29 is 21.1 Å². The molecular formula is C30H22N6Pt. The van der Waals surface area contributed by atoms with E-state index in [1.165, 1.54) is 11.9 Å². The normalized spacial score (nSPS) is 11.6. The van der Waals surface area contributed by atoms with Gasteiger partial charge < -0.3 is 9.55 Å². The zero-order valence-corrected chi connectivity index (χ0v) is 22.0. The molecular weight excluding hydrogens is 639 g/mol. The van der Waals surface area contributed by atoms with Crippen molar-refractivity contribution in [1.82, 2.24) is 29.3 Å². The molecule has 0 bridgehead atoms. The van der Waals surface area contributed by atoms with Crippen molar-refractivity contribution in [3.05, 3.63) is 145 Å². The van der Waals surface area contributed by atoms with Crippen molar-refractivity contribution in [3.8, 4) is 22.8 Å². The van der Waals surface area contributed by atoms with Gasteiger partial charge in [-0.05, 0) is 18.1 Å². The van der Waals surface area contributed by atoms with E-state index < -0.39 is 0 Å². The summed E-state index contributed by atoms with van der Waals surface area (Å²) in [6, 6.07) is 32.1. The van der Waals surface area contributed by atoms with E-state index in [1.54, 1.807) is 23.3 Å². The predicted octanol–water partition coefficient (Wildman–Crippen LogP) is 5.49. The molecule has 182 valence electrons. The molecule has 7 heteroatoms. The van der Waals surface area contributed by atoms with Crippen molar-refractivity contribution in [1.29, 1.82) is 0 Å². The van der Waals surface area contributed by atoms with Crippen LogP contribution in [0.5, 0.6) is 0 Å². The van der Waals surface area contributed by atoms with E-state index >= 15 is 0 Å². The number of hydrogen-bond acceptors (Lipinski definition) is 4. The fourth-order valence-corrected chi connectivity index (χ4v) is 4.40. The maximum Gasteiger partial charge on any atom is 2.00 e. The van der Waals surface area contributed by atoms with Crippen LogP contribution in [-0.2, 0) is 27.5 Å². The van der Waals surface area contributed by atoms with Crippen LogP contribution in [0, 0.1) is 12.3 Å². The minimum Gasteiger partial charge on any atom is -0.476 e. The van der Waals surface area contributed by atoms with Gasteiger partial charge in [-0.2, -0.15) is 5.10 Å². The quantitative estimate of drug-likeness (QED) is 0.213. The second kappa shape index (κ2) is 11.3. The molecule has 4 heterocycles. The summed E-state index contributed by atoms with van der Waals surface area (Å²) in [5, 5.41) is 4.89. The summed E-state index contributed by atoms with van der Waals surface area (Å²) in [5.74, 6) is 0.784. The summed E-state index contributed by atoms with van der Waals surface area (Å²) in [5.41, 5.74) is 6.34. The van der Waals surface area contributed by atoms with Gasteiger partial charge in [0.15, 0.2) is 5.82 Å². The van der Waals surface area contributed by atoms with Gasteiger partial charge in [-0.1, -0.05) is 90.5 Å². The molecule has 1 unspecified atom stereocenters. The molecule has 0 saturated heterocycles. The van der Waals surface area contributed by atoms with Gasteiger partial charge in [0, 0.05) is 24.4 Å². The molecule has 6 nitrogen and oxygen atoms in total. The topological polar surface area (TPSA) is 61.4 Å². The average molecular weight is 662 g/mol. The second-order valence-corrected chi connectivity index (χ2v) is 8.41. The minimum atomic E-state index is 0. The van der Waals surface area contributed by atoms with Gasteiger partial charge in [-0.3, -0.25) is 6.07 Å². The number of benzene rings is 2. The Morgan fingerprint density at radius 3 is 2.35 bits per heavy atom. The first-order valence-electron chi connectivity index (χ1n) is 11.7. The van der Waals surface area contributed by atoms with Crippen molar-refractivity contribution >= 4 is 0 Å². The predicted molar refractivity (Wildman–Crippen MR) is 138 cm³/mol. The molecule has 0 radical (unpaired) electrons. The Bertz CT molecular complexity index is 1490. The molecule has 0 spiro atoms. The van der Waals surface area contributed by atoms with Gasteiger partial charge in [0.2, 0.25) is 0 Å². The fourth-order valence-electron chi connectivity index (χ4n) is 4.40. The van der Waals surface area contributed by atoms with Crippen molar-refractivity contribution in [2.75, 3.05) is 0 Å². The van der Waals surface area contributed by atoms with Crippen molar-refractivity contribution in [2.45, 2.75) is 12.3 Å². The summed E-state index contributed by atoms with van der Waals surface area (Å²) in [4.78, 5) is 12.5. The van der Waals surface area contributed by atoms with Crippen LogP contribution in [0.4, 0.5) is 0 Å². The van der Waals surface area contributed by atoms with E-state index in [9.17, 15) is 0 Å². The third kappa shape index (κ3) is 5.35. The molecule has 0 aliphatic heterocycles. The molecule has 2 aromatic carbocycles. The first-order chi connectivity index (χ1) is 17.8. The SMILES string of the molecule is [Pt+2].[c-]1cnccc1-n1[c-]c(CC(c2ccccc2)c2ccn(-c3ccncn3)n2)cc1-c1ccccc1. The maximum atomic E-state index is 4.89. The largest absolute Gasteiger partial charge is 2.00 e. The van der Waals surface area contributed by atoms with E-state index in [0.29, 0.717) is 0 Å². The molecule has 6 aromatic rings. The number of pyridine rings is 1. The Labute approximate surface area is 230 Å². The van der Waals surface area contributed by atoms with E-state index in [2.05, 4.69) is 92.4 Å². The number of hydrogen-bond donors (Lipinski definition) is 0. The fraction of sp³-hybridized carbons (Fsp3) is 0.0667. The standard InChI is InChI=1S/C30H22N6.Pt/c1-3-7-24(8-4-1)27(28-14-18-36(34-28)30-13-17-32-22-33-30)19-23-20-29(25-9-5-2-6-10-25)35(21-23)26-11-15-31-16-12-26;/h1-11,13-18,20,22,27H,19H2;/q-2;+2. The molecule has 0 aliphatic carbocycles. The first-order valence-corrected chi connectivity index (χ1v) is 11.7. The van der Waals surface area contributed by atoms with E-state index in [0.717, 1.165) is 40.4 Å². The first kappa shape index (κ1) is 24.5. The smallest absolute Gasteiger partial charge is 0.476 e. The molecule has 4 aromatic heterocycles. The van der Waals surface area contributed by atoms with E-state index in [4.69, 9.17) is 5.10 Å². The molecule has 37 heavy (non-hydrogen) atoms. The molecule has 0 fully saturated rings. The number of rotatable bonds is 7. The number of nitrogens with zero attached hydrogens (tertiary/aromatic N) is 6. The minimum absolute atomic E-state index is 0. The second-order valence-electron chi connectivity index (χ2n) is 8.41. The van der Waals surface area contributed by atoms with Crippen LogP contribution in [0.3, 0.4) is 0 Å². The van der Waals surface area contributed by atoms with Crippen LogP contribution >= 0.6 is 0 Å². The Kier molecular flexibility index (Phi) is 7.48. The maximum absolute atomic E-state index is 4.89. The van der Waals surface area contributed by atoms with Crippen molar-refractivity contribution in [2.24, 2.45) is 0 Å². The average Bonchev–Trinajstić information content (AvgIpc) is 3.62. The van der Waals surface area contributed by atoms with Crippen LogP contribution in [0.15, 0.2) is 116 Å². The van der Waals surface area contributed by atoms with E-state index in [-0.39, 0.29) is 27.0 Å². The van der Waals surface area contributed by atoms with Crippen molar-refractivity contribution in [3.63, 3.8) is 0 Å². The summed E-state index contributed by atoms with van der Waals surface area (Å²) in [6.07, 6.45) is 13.0. The molecule has 0 saturated carbocycles. The zero-order valence-electron chi connectivity index (χ0n) is 19.8. The van der Waals surface area contributed by atoms with E-state index in [1.807, 2.05) is 30.5 Å². The Morgan fingerprint density at radius 2 is 1.62 bits per heavy atom. The Morgan fingerprint density at radius 1 is 0.838 bits per heavy atom. The van der Waals surface area contributed by atoms with Gasteiger partial charge in [0.1, 0.15) is 6.33 Å². The van der Waals surface area contributed by atoms with Gasteiger partial charge in [-0.15, -0.1) is 11.6 Å². The molecule has 0 N–H and O–H groups in total. The van der Waals surface area contributed by atoms with Gasteiger partial charge in [-0.25, -0.2) is 26.4 Å². The van der Waals surface area contributed by atoms with Crippen LogP contribution < -0.4 is 0 Å². The third-order valence-corrected chi connectivity index (χ3v) is 6.12. The van der Waals surface area contributed by atoms with Gasteiger partial charge in [0.05, 0.1) is 5.69 Å². The summed E-state index contributed by atoms with van der Waals surface area (Å²) >= 11 is 0. The summed E-state index contributed by atoms with van der Waals surface area (Å²) in [6.45, 7) is 0. The van der Waals surface area contributed by atoms with Gasteiger partial charge in [0.25, 0.3) is 0 Å². The number of aromatic nitrogens is 6. The monoisotopic (exact) mass is 661 g/mol. The summed E-state index contributed by atoms with van der Waals surface area (Å²) in [7, 11) is 0. The summed E-state index contributed by atoms with van der Waals surface area (Å²) < 4.78 is 3.86. The van der Waals surface area contributed by atoms with Crippen LogP contribution in [0.2, 0.25) is 0 Å².